The van der Waals surface area contributed by atoms with Crippen molar-refractivity contribution in [2.75, 3.05) is 21.2 Å². The Morgan fingerprint density at radius 1 is 1.40 bits per heavy atom. The number of aliphatic hydroxyl groups is 1. The molecule has 0 radical (unpaired) electrons. The standard InChI is InChI=1S/C11H20NO3/c1-12(2)7-4-5-8(12)10(9(13)6-7)11(14)15-3/h7-10,13H,4-6H2,1-3H3/q+1. The molecule has 0 aromatic carbocycles. The van der Waals surface area contributed by atoms with Crippen LogP contribution >= 0.6 is 0 Å². The summed E-state index contributed by atoms with van der Waals surface area (Å²) < 4.78 is 5.65. The highest BCUT2D eigenvalue weighted by Crippen LogP contribution is 2.43. The van der Waals surface area contributed by atoms with Gasteiger partial charge in [-0.25, -0.2) is 0 Å². The van der Waals surface area contributed by atoms with Crippen molar-refractivity contribution in [1.29, 1.82) is 0 Å². The third-order valence-corrected chi connectivity index (χ3v) is 4.41. The molecule has 0 aromatic rings. The van der Waals surface area contributed by atoms with Gasteiger partial charge >= 0.3 is 5.97 Å². The number of hydrogen-bond acceptors (Lipinski definition) is 3. The molecule has 0 aromatic heterocycles. The fourth-order valence-corrected chi connectivity index (χ4v) is 3.41. The smallest absolute Gasteiger partial charge is 0.317 e. The van der Waals surface area contributed by atoms with Crippen molar-refractivity contribution in [3.05, 3.63) is 0 Å². The predicted molar refractivity (Wildman–Crippen MR) is 55.0 cm³/mol. The highest BCUT2D eigenvalue weighted by atomic mass is 16.5. The molecular formula is C11H20NO3+. The second-order valence-electron chi connectivity index (χ2n) is 5.28. The van der Waals surface area contributed by atoms with E-state index < -0.39 is 6.10 Å². The first-order valence-corrected chi connectivity index (χ1v) is 5.57. The molecule has 2 bridgehead atoms. The molecule has 2 saturated heterocycles. The van der Waals surface area contributed by atoms with E-state index in [0.717, 1.165) is 23.7 Å². The Hall–Kier alpha value is -0.610. The molecule has 2 aliphatic heterocycles. The van der Waals surface area contributed by atoms with Gasteiger partial charge < -0.3 is 14.3 Å². The van der Waals surface area contributed by atoms with Crippen LogP contribution in [0.1, 0.15) is 19.3 Å². The number of piperidine rings is 1. The Labute approximate surface area is 90.4 Å². The fraction of sp³-hybridized carbons (Fsp3) is 0.909. The van der Waals surface area contributed by atoms with Crippen LogP contribution in [0.15, 0.2) is 0 Å². The van der Waals surface area contributed by atoms with Crippen molar-refractivity contribution in [2.45, 2.75) is 37.5 Å². The molecule has 86 valence electrons. The van der Waals surface area contributed by atoms with Crippen molar-refractivity contribution in [2.24, 2.45) is 5.92 Å². The summed E-state index contributed by atoms with van der Waals surface area (Å²) in [5, 5.41) is 9.97. The molecule has 0 spiro atoms. The summed E-state index contributed by atoms with van der Waals surface area (Å²) in [7, 11) is 5.71. The molecule has 15 heavy (non-hydrogen) atoms. The number of nitrogens with zero attached hydrogens (tertiary/aromatic N) is 1. The number of fused-ring (bicyclic) bond motifs is 2. The molecule has 0 aliphatic carbocycles. The lowest BCUT2D eigenvalue weighted by Crippen LogP contribution is -2.62. The Morgan fingerprint density at radius 2 is 2.07 bits per heavy atom. The number of aliphatic hydroxyl groups excluding tert-OH is 1. The first-order valence-electron chi connectivity index (χ1n) is 5.57. The molecule has 4 unspecified atom stereocenters. The van der Waals surface area contributed by atoms with Crippen molar-refractivity contribution < 1.29 is 19.1 Å². The first-order chi connectivity index (χ1) is 6.98. The lowest BCUT2D eigenvalue weighted by atomic mass is 9.86. The van der Waals surface area contributed by atoms with E-state index in [-0.39, 0.29) is 17.9 Å². The second-order valence-corrected chi connectivity index (χ2v) is 5.28. The summed E-state index contributed by atoms with van der Waals surface area (Å²) in [6.45, 7) is 0. The number of esters is 1. The van der Waals surface area contributed by atoms with Gasteiger partial charge in [-0.2, -0.15) is 0 Å². The number of rotatable bonds is 1. The van der Waals surface area contributed by atoms with Gasteiger partial charge in [-0.3, -0.25) is 4.79 Å². The molecule has 0 saturated carbocycles. The maximum atomic E-state index is 11.7. The summed E-state index contributed by atoms with van der Waals surface area (Å²) >= 11 is 0. The Balaban J connectivity index is 2.27. The Bertz CT molecular complexity index is 277. The monoisotopic (exact) mass is 214 g/mol. The number of carbonyl (C=O) groups is 1. The first kappa shape index (κ1) is 10.9. The van der Waals surface area contributed by atoms with E-state index in [4.69, 9.17) is 4.74 Å². The van der Waals surface area contributed by atoms with Crippen molar-refractivity contribution in [1.82, 2.24) is 0 Å². The highest BCUT2D eigenvalue weighted by molar-refractivity contribution is 5.74. The zero-order valence-corrected chi connectivity index (χ0v) is 9.64. The fourth-order valence-electron chi connectivity index (χ4n) is 3.41. The average molecular weight is 214 g/mol. The summed E-state index contributed by atoms with van der Waals surface area (Å²) in [5.74, 6) is -0.581. The quantitative estimate of drug-likeness (QED) is 0.499. The zero-order chi connectivity index (χ0) is 11.2. The van der Waals surface area contributed by atoms with Crippen LogP contribution in [0, 0.1) is 5.92 Å². The lowest BCUT2D eigenvalue weighted by molar-refractivity contribution is -0.934. The van der Waals surface area contributed by atoms with Gasteiger partial charge in [0.05, 0.1) is 33.4 Å². The third-order valence-electron chi connectivity index (χ3n) is 4.41. The highest BCUT2D eigenvalue weighted by Gasteiger charge is 2.57. The Morgan fingerprint density at radius 3 is 2.67 bits per heavy atom. The van der Waals surface area contributed by atoms with Gasteiger partial charge in [0.1, 0.15) is 12.0 Å². The van der Waals surface area contributed by atoms with Crippen LogP contribution in [0.2, 0.25) is 0 Å². The second kappa shape index (κ2) is 3.46. The van der Waals surface area contributed by atoms with Crippen LogP contribution in [0.25, 0.3) is 0 Å². The van der Waals surface area contributed by atoms with Crippen LogP contribution in [0.5, 0.6) is 0 Å². The number of hydrogen-bond donors (Lipinski definition) is 1. The van der Waals surface area contributed by atoms with Gasteiger partial charge in [-0.15, -0.1) is 0 Å². The van der Waals surface area contributed by atoms with Gasteiger partial charge in [0.15, 0.2) is 0 Å². The minimum absolute atomic E-state index is 0.228. The van der Waals surface area contributed by atoms with Gasteiger partial charge in [0, 0.05) is 19.3 Å². The largest absolute Gasteiger partial charge is 0.469 e. The van der Waals surface area contributed by atoms with Crippen molar-refractivity contribution >= 4 is 5.97 Å². The van der Waals surface area contributed by atoms with Crippen LogP contribution in [0.4, 0.5) is 0 Å². The van der Waals surface area contributed by atoms with E-state index in [9.17, 15) is 9.90 Å². The molecular weight excluding hydrogens is 194 g/mol. The van der Waals surface area contributed by atoms with E-state index in [2.05, 4.69) is 14.1 Å². The molecule has 2 heterocycles. The molecule has 1 N–H and O–H groups in total. The van der Waals surface area contributed by atoms with E-state index >= 15 is 0 Å². The van der Waals surface area contributed by atoms with Gasteiger partial charge in [-0.05, 0) is 0 Å². The normalized spacial score (nSPS) is 42.7. The molecule has 2 aliphatic rings. The molecule has 4 atom stereocenters. The van der Waals surface area contributed by atoms with Gasteiger partial charge in [0.2, 0.25) is 0 Å². The number of carbonyl (C=O) groups excluding carboxylic acids is 1. The number of quaternary nitrogens is 1. The van der Waals surface area contributed by atoms with Gasteiger partial charge in [0.25, 0.3) is 0 Å². The molecule has 2 rings (SSSR count). The van der Waals surface area contributed by atoms with E-state index in [1.807, 2.05) is 0 Å². The maximum absolute atomic E-state index is 11.7. The molecule has 4 nitrogen and oxygen atoms in total. The van der Waals surface area contributed by atoms with Crippen LogP contribution in [0.3, 0.4) is 0 Å². The SMILES string of the molecule is COC(=O)C1C(O)CC2CCC1[N+]2(C)C. The molecule has 4 heteroatoms. The van der Waals surface area contributed by atoms with E-state index in [1.165, 1.54) is 7.11 Å². The summed E-state index contributed by atoms with van der Waals surface area (Å²) in [6, 6.07) is 0.733. The average Bonchev–Trinajstić information content (AvgIpc) is 2.39. The number of methoxy groups -OCH3 is 1. The Kier molecular flexibility index (Phi) is 2.51. The lowest BCUT2D eigenvalue weighted by Gasteiger charge is -2.46. The van der Waals surface area contributed by atoms with Gasteiger partial charge in [-0.1, -0.05) is 0 Å². The van der Waals surface area contributed by atoms with E-state index in [1.54, 1.807) is 0 Å². The minimum Gasteiger partial charge on any atom is -0.469 e. The summed E-state index contributed by atoms with van der Waals surface area (Å²) in [4.78, 5) is 11.7. The molecule has 0 amide bonds. The summed E-state index contributed by atoms with van der Waals surface area (Å²) in [5.41, 5.74) is 0. The zero-order valence-electron chi connectivity index (χ0n) is 9.64. The topological polar surface area (TPSA) is 46.5 Å². The third kappa shape index (κ3) is 1.47. The van der Waals surface area contributed by atoms with Crippen LogP contribution in [-0.4, -0.2) is 55.0 Å². The van der Waals surface area contributed by atoms with Crippen LogP contribution in [-0.2, 0) is 9.53 Å². The molecule has 2 fully saturated rings. The predicted octanol–water partition coefficient (Wildman–Crippen LogP) is 0.148. The number of ether oxygens (including phenoxy) is 1. The van der Waals surface area contributed by atoms with Crippen molar-refractivity contribution in [3.63, 3.8) is 0 Å². The minimum atomic E-state index is -0.513. The maximum Gasteiger partial charge on any atom is 0.317 e. The summed E-state index contributed by atoms with van der Waals surface area (Å²) in [6.07, 6.45) is 2.35. The van der Waals surface area contributed by atoms with E-state index in [0.29, 0.717) is 6.04 Å². The van der Waals surface area contributed by atoms with Crippen molar-refractivity contribution in [3.8, 4) is 0 Å². The van der Waals surface area contributed by atoms with Crippen LogP contribution < -0.4 is 0 Å².